The van der Waals surface area contributed by atoms with Gasteiger partial charge in [0.25, 0.3) is 0 Å². The van der Waals surface area contributed by atoms with Crippen molar-refractivity contribution in [2.45, 2.75) is 13.8 Å². The fourth-order valence-electron chi connectivity index (χ4n) is 1.59. The van der Waals surface area contributed by atoms with Crippen LogP contribution < -0.4 is 11.4 Å². The van der Waals surface area contributed by atoms with Crippen LogP contribution in [0.4, 0.5) is 5.95 Å². The number of H-pyrrole nitrogens is 1. The third kappa shape index (κ3) is 1.76. The Kier molecular flexibility index (Phi) is 2.07. The van der Waals surface area contributed by atoms with E-state index in [0.717, 1.165) is 16.8 Å². The third-order valence-electron chi connectivity index (χ3n) is 2.09. The van der Waals surface area contributed by atoms with Gasteiger partial charge in [0.15, 0.2) is 0 Å². The summed E-state index contributed by atoms with van der Waals surface area (Å²) in [5.74, 6) is 0.124. The summed E-state index contributed by atoms with van der Waals surface area (Å²) >= 11 is 0. The molecule has 2 aromatic rings. The Morgan fingerprint density at radius 1 is 1.27 bits per heavy atom. The molecule has 0 amide bonds. The van der Waals surface area contributed by atoms with Crippen molar-refractivity contribution >= 4 is 5.95 Å². The molecule has 1 aromatic carbocycles. The number of benzene rings is 1. The van der Waals surface area contributed by atoms with Crippen molar-refractivity contribution in [3.63, 3.8) is 0 Å². The Bertz CT molecular complexity index is 533. The minimum Gasteiger partial charge on any atom is -0.368 e. The zero-order valence-electron chi connectivity index (χ0n) is 8.61. The molecule has 78 valence electrons. The van der Waals surface area contributed by atoms with Gasteiger partial charge in [-0.25, -0.2) is 4.79 Å². The average Bonchev–Trinajstić information content (AvgIpc) is 2.43. The molecule has 2 rings (SSSR count). The van der Waals surface area contributed by atoms with E-state index in [4.69, 9.17) is 5.73 Å². The number of aryl methyl sites for hydroxylation is 2. The molecular formula is C10H12N4O. The molecule has 5 heteroatoms. The summed E-state index contributed by atoms with van der Waals surface area (Å²) in [6.07, 6.45) is 0. The number of aromatic nitrogens is 3. The topological polar surface area (TPSA) is 76.7 Å². The maximum absolute atomic E-state index is 11.4. The lowest BCUT2D eigenvalue weighted by Crippen LogP contribution is -2.16. The second kappa shape index (κ2) is 3.27. The summed E-state index contributed by atoms with van der Waals surface area (Å²) in [5, 5.41) is 3.89. The van der Waals surface area contributed by atoms with Crippen LogP contribution in [-0.2, 0) is 0 Å². The first-order valence-electron chi connectivity index (χ1n) is 4.60. The second-order valence-electron chi connectivity index (χ2n) is 3.57. The van der Waals surface area contributed by atoms with E-state index in [-0.39, 0.29) is 11.6 Å². The Hall–Kier alpha value is -2.04. The molecule has 0 bridgehead atoms. The highest BCUT2D eigenvalue weighted by Crippen LogP contribution is 2.11. The van der Waals surface area contributed by atoms with Crippen molar-refractivity contribution in [3.8, 4) is 5.69 Å². The maximum Gasteiger partial charge on any atom is 0.349 e. The number of anilines is 1. The number of nitrogens with zero attached hydrogens (tertiary/aromatic N) is 2. The fraction of sp³-hybridized carbons (Fsp3) is 0.200. The van der Waals surface area contributed by atoms with Gasteiger partial charge in [0.1, 0.15) is 0 Å². The molecule has 1 aromatic heterocycles. The largest absolute Gasteiger partial charge is 0.368 e. The molecule has 0 atom stereocenters. The first-order valence-corrected chi connectivity index (χ1v) is 4.60. The van der Waals surface area contributed by atoms with Crippen LogP contribution >= 0.6 is 0 Å². The van der Waals surface area contributed by atoms with Crippen molar-refractivity contribution in [1.29, 1.82) is 0 Å². The molecule has 0 unspecified atom stereocenters. The molecule has 0 saturated carbocycles. The summed E-state index contributed by atoms with van der Waals surface area (Å²) in [5.41, 5.74) is 7.97. The van der Waals surface area contributed by atoms with Crippen molar-refractivity contribution in [2.75, 3.05) is 5.73 Å². The van der Waals surface area contributed by atoms with Crippen molar-refractivity contribution < 1.29 is 0 Å². The Morgan fingerprint density at radius 2 is 1.87 bits per heavy atom. The van der Waals surface area contributed by atoms with Gasteiger partial charge in [0.2, 0.25) is 5.95 Å². The molecule has 0 aliphatic heterocycles. The van der Waals surface area contributed by atoms with Crippen molar-refractivity contribution in [2.24, 2.45) is 0 Å². The lowest BCUT2D eigenvalue weighted by molar-refractivity contribution is 0.843. The summed E-state index contributed by atoms with van der Waals surface area (Å²) in [7, 11) is 0. The second-order valence-corrected chi connectivity index (χ2v) is 3.57. The van der Waals surface area contributed by atoms with Crippen LogP contribution in [0, 0.1) is 13.8 Å². The molecular weight excluding hydrogens is 192 g/mol. The Labute approximate surface area is 86.5 Å². The van der Waals surface area contributed by atoms with Gasteiger partial charge in [-0.1, -0.05) is 6.07 Å². The molecule has 0 spiro atoms. The SMILES string of the molecule is Cc1cc(C)cc(-n2nc(N)[nH]c2=O)c1. The Balaban J connectivity index is 2.63. The van der Waals surface area contributed by atoms with E-state index >= 15 is 0 Å². The van der Waals surface area contributed by atoms with E-state index < -0.39 is 0 Å². The summed E-state index contributed by atoms with van der Waals surface area (Å²) < 4.78 is 1.26. The van der Waals surface area contributed by atoms with E-state index in [1.54, 1.807) is 0 Å². The van der Waals surface area contributed by atoms with Crippen molar-refractivity contribution in [3.05, 3.63) is 39.8 Å². The molecule has 0 radical (unpaired) electrons. The third-order valence-corrected chi connectivity index (χ3v) is 2.09. The van der Waals surface area contributed by atoms with Crippen LogP contribution in [-0.4, -0.2) is 14.8 Å². The van der Waals surface area contributed by atoms with E-state index in [2.05, 4.69) is 10.1 Å². The molecule has 0 fully saturated rings. The summed E-state index contributed by atoms with van der Waals surface area (Å²) in [4.78, 5) is 13.8. The minimum absolute atomic E-state index is 0.124. The zero-order valence-corrected chi connectivity index (χ0v) is 8.61. The number of nitrogens with one attached hydrogen (secondary N) is 1. The number of hydrogen-bond donors (Lipinski definition) is 2. The van der Waals surface area contributed by atoms with Gasteiger partial charge in [-0.3, -0.25) is 4.98 Å². The van der Waals surface area contributed by atoms with Crippen LogP contribution in [0.3, 0.4) is 0 Å². The van der Waals surface area contributed by atoms with E-state index in [0.29, 0.717) is 0 Å². The first-order chi connectivity index (χ1) is 7.06. The normalized spacial score (nSPS) is 10.5. The van der Waals surface area contributed by atoms with Gasteiger partial charge in [-0.15, -0.1) is 5.10 Å². The first kappa shape index (κ1) is 9.51. The molecule has 0 aliphatic rings. The monoisotopic (exact) mass is 204 g/mol. The summed E-state index contributed by atoms with van der Waals surface area (Å²) in [6, 6.07) is 5.80. The van der Waals surface area contributed by atoms with Gasteiger partial charge >= 0.3 is 5.69 Å². The van der Waals surface area contributed by atoms with Crippen LogP contribution in [0.2, 0.25) is 0 Å². The number of nitrogens with two attached hydrogens (primary N) is 1. The van der Waals surface area contributed by atoms with Crippen LogP contribution in [0.1, 0.15) is 11.1 Å². The highest BCUT2D eigenvalue weighted by Gasteiger charge is 2.05. The van der Waals surface area contributed by atoms with Gasteiger partial charge in [0.05, 0.1) is 5.69 Å². The lowest BCUT2D eigenvalue weighted by Gasteiger charge is -2.02. The number of aromatic amines is 1. The van der Waals surface area contributed by atoms with E-state index in [9.17, 15) is 4.79 Å². The predicted octanol–water partition coefficient (Wildman–Crippen LogP) is 0.760. The number of rotatable bonds is 1. The molecule has 5 nitrogen and oxygen atoms in total. The zero-order chi connectivity index (χ0) is 11.0. The van der Waals surface area contributed by atoms with E-state index in [1.165, 1.54) is 4.68 Å². The van der Waals surface area contributed by atoms with Gasteiger partial charge in [0, 0.05) is 0 Å². The average molecular weight is 204 g/mol. The summed E-state index contributed by atoms with van der Waals surface area (Å²) in [6.45, 7) is 3.94. The van der Waals surface area contributed by atoms with Crippen LogP contribution in [0.25, 0.3) is 5.69 Å². The predicted molar refractivity (Wildman–Crippen MR) is 58.1 cm³/mol. The standard InChI is InChI=1S/C10H12N4O/c1-6-3-7(2)5-8(4-6)14-10(15)12-9(11)13-14/h3-5H,1-2H3,(H3,11,12,13,15). The molecule has 3 N–H and O–H groups in total. The fourth-order valence-corrected chi connectivity index (χ4v) is 1.59. The molecule has 0 saturated heterocycles. The van der Waals surface area contributed by atoms with Crippen LogP contribution in [0.5, 0.6) is 0 Å². The lowest BCUT2D eigenvalue weighted by atomic mass is 10.1. The van der Waals surface area contributed by atoms with Gasteiger partial charge in [-0.05, 0) is 37.1 Å². The smallest absolute Gasteiger partial charge is 0.349 e. The minimum atomic E-state index is -0.322. The van der Waals surface area contributed by atoms with Gasteiger partial charge < -0.3 is 5.73 Å². The number of nitrogen functional groups attached to an aromatic ring is 1. The Morgan fingerprint density at radius 3 is 2.33 bits per heavy atom. The molecule has 0 aliphatic carbocycles. The molecule has 15 heavy (non-hydrogen) atoms. The number of hydrogen-bond acceptors (Lipinski definition) is 3. The quantitative estimate of drug-likeness (QED) is 0.720. The van der Waals surface area contributed by atoms with Gasteiger partial charge in [-0.2, -0.15) is 4.68 Å². The highest BCUT2D eigenvalue weighted by molar-refractivity contribution is 5.39. The molecule has 1 heterocycles. The van der Waals surface area contributed by atoms with Crippen LogP contribution in [0.15, 0.2) is 23.0 Å². The highest BCUT2D eigenvalue weighted by atomic mass is 16.2. The van der Waals surface area contributed by atoms with Crippen molar-refractivity contribution in [1.82, 2.24) is 14.8 Å². The van der Waals surface area contributed by atoms with E-state index in [1.807, 2.05) is 32.0 Å². The maximum atomic E-state index is 11.4.